The minimum atomic E-state index is -0.552. The highest BCUT2D eigenvalue weighted by molar-refractivity contribution is 5.33. The third-order valence-electron chi connectivity index (χ3n) is 2.66. The molecule has 1 N–H and O–H groups in total. The van der Waals surface area contributed by atoms with Crippen LogP contribution in [0.2, 0.25) is 0 Å². The molecule has 0 bridgehead atoms. The van der Waals surface area contributed by atoms with Crippen LogP contribution >= 0.6 is 0 Å². The van der Waals surface area contributed by atoms with E-state index in [9.17, 15) is 9.50 Å². The van der Waals surface area contributed by atoms with Crippen molar-refractivity contribution in [3.05, 3.63) is 29.6 Å². The van der Waals surface area contributed by atoms with Gasteiger partial charge in [0.15, 0.2) is 11.6 Å². The van der Waals surface area contributed by atoms with Gasteiger partial charge in [0.2, 0.25) is 0 Å². The Bertz CT molecular complexity index is 355. The predicted octanol–water partition coefficient (Wildman–Crippen LogP) is 1.91. The van der Waals surface area contributed by atoms with E-state index in [0.717, 1.165) is 19.5 Å². The largest absolute Gasteiger partial charge is 0.505 e. The van der Waals surface area contributed by atoms with Gasteiger partial charge in [0.05, 0.1) is 0 Å². The maximum atomic E-state index is 13.1. The molecule has 1 aromatic rings. The molecule has 0 fully saturated rings. The summed E-state index contributed by atoms with van der Waals surface area (Å²) in [4.78, 5) is 4.21. The summed E-state index contributed by atoms with van der Waals surface area (Å²) in [6, 6.07) is 4.64. The fraction of sp³-hybridized carbons (Fsp3) is 0.538. The Hall–Kier alpha value is -1.13. The van der Waals surface area contributed by atoms with Crippen LogP contribution in [-0.2, 0) is 6.54 Å². The van der Waals surface area contributed by atoms with Gasteiger partial charge in [0, 0.05) is 12.1 Å². The van der Waals surface area contributed by atoms with E-state index in [1.54, 1.807) is 12.1 Å². The van der Waals surface area contributed by atoms with Crippen LogP contribution < -0.4 is 0 Å². The molecule has 0 saturated heterocycles. The molecule has 0 amide bonds. The van der Waals surface area contributed by atoms with Crippen molar-refractivity contribution in [3.8, 4) is 5.75 Å². The van der Waals surface area contributed by atoms with Crippen molar-refractivity contribution in [3.63, 3.8) is 0 Å². The van der Waals surface area contributed by atoms with Gasteiger partial charge in [0.25, 0.3) is 0 Å². The molecule has 3 nitrogen and oxygen atoms in total. The second-order valence-electron chi connectivity index (χ2n) is 4.64. The number of benzene rings is 1. The van der Waals surface area contributed by atoms with Gasteiger partial charge in [0.1, 0.15) is 0 Å². The first-order valence-corrected chi connectivity index (χ1v) is 5.80. The summed E-state index contributed by atoms with van der Waals surface area (Å²) >= 11 is 0. The van der Waals surface area contributed by atoms with Crippen LogP contribution in [0.1, 0.15) is 12.0 Å². The molecule has 0 spiro atoms. The molecule has 1 aromatic carbocycles. The highest BCUT2D eigenvalue weighted by Gasteiger charge is 2.08. The van der Waals surface area contributed by atoms with Crippen molar-refractivity contribution in [2.45, 2.75) is 13.0 Å². The Morgan fingerprint density at radius 3 is 2.53 bits per heavy atom. The van der Waals surface area contributed by atoms with Crippen LogP contribution in [0.4, 0.5) is 4.39 Å². The first-order valence-electron chi connectivity index (χ1n) is 5.80. The van der Waals surface area contributed by atoms with Crippen LogP contribution in [0.15, 0.2) is 18.2 Å². The van der Waals surface area contributed by atoms with Crippen LogP contribution in [0, 0.1) is 5.82 Å². The molecule has 0 radical (unpaired) electrons. The number of nitrogens with zero attached hydrogens (tertiary/aromatic N) is 2. The van der Waals surface area contributed by atoms with Crippen molar-refractivity contribution in [1.82, 2.24) is 9.80 Å². The smallest absolute Gasteiger partial charge is 0.165 e. The van der Waals surface area contributed by atoms with E-state index < -0.39 is 5.82 Å². The highest BCUT2D eigenvalue weighted by atomic mass is 19.1. The van der Waals surface area contributed by atoms with Gasteiger partial charge < -0.3 is 14.9 Å². The van der Waals surface area contributed by atoms with Crippen molar-refractivity contribution < 1.29 is 9.50 Å². The average Bonchev–Trinajstić information content (AvgIpc) is 2.24. The van der Waals surface area contributed by atoms with Gasteiger partial charge in [-0.05, 0) is 46.7 Å². The number of phenolic OH excluding ortho intramolecular Hbond substituents is 1. The molecular formula is C13H21FN2O. The Balaban J connectivity index is 2.45. The Labute approximate surface area is 102 Å². The summed E-state index contributed by atoms with van der Waals surface area (Å²) in [5.74, 6) is -0.781. The molecule has 0 atom stereocenters. The molecular weight excluding hydrogens is 219 g/mol. The van der Waals surface area contributed by atoms with E-state index in [1.165, 1.54) is 6.07 Å². The number of aromatic hydroxyl groups is 1. The minimum absolute atomic E-state index is 0.230. The normalized spacial score (nSPS) is 11.4. The van der Waals surface area contributed by atoms with E-state index in [2.05, 4.69) is 9.80 Å². The van der Waals surface area contributed by atoms with Crippen LogP contribution in [-0.4, -0.2) is 49.1 Å². The molecule has 4 heteroatoms. The van der Waals surface area contributed by atoms with Crippen LogP contribution in [0.3, 0.4) is 0 Å². The Morgan fingerprint density at radius 2 is 1.88 bits per heavy atom. The van der Waals surface area contributed by atoms with E-state index in [-0.39, 0.29) is 5.75 Å². The molecule has 0 aliphatic rings. The zero-order valence-corrected chi connectivity index (χ0v) is 10.8. The van der Waals surface area contributed by atoms with E-state index in [4.69, 9.17) is 0 Å². The lowest BCUT2D eigenvalue weighted by molar-refractivity contribution is 0.289. The fourth-order valence-corrected chi connectivity index (χ4v) is 1.71. The lowest BCUT2D eigenvalue weighted by Crippen LogP contribution is -2.23. The predicted molar refractivity (Wildman–Crippen MR) is 67.6 cm³/mol. The molecule has 0 saturated carbocycles. The van der Waals surface area contributed by atoms with Gasteiger partial charge in [-0.15, -0.1) is 0 Å². The summed E-state index contributed by atoms with van der Waals surface area (Å²) in [6.45, 7) is 2.52. The minimum Gasteiger partial charge on any atom is -0.505 e. The first kappa shape index (κ1) is 13.9. The number of para-hydroxylation sites is 1. The highest BCUT2D eigenvalue weighted by Crippen LogP contribution is 2.21. The van der Waals surface area contributed by atoms with Gasteiger partial charge in [-0.1, -0.05) is 12.1 Å². The quantitative estimate of drug-likeness (QED) is 0.823. The molecule has 17 heavy (non-hydrogen) atoms. The Morgan fingerprint density at radius 1 is 1.18 bits per heavy atom. The second kappa shape index (κ2) is 6.57. The maximum Gasteiger partial charge on any atom is 0.165 e. The number of rotatable bonds is 6. The summed E-state index contributed by atoms with van der Waals surface area (Å²) in [5.41, 5.74) is 0.636. The monoisotopic (exact) mass is 240 g/mol. The number of halogens is 1. The van der Waals surface area contributed by atoms with Gasteiger partial charge >= 0.3 is 0 Å². The summed E-state index contributed by atoms with van der Waals surface area (Å²) in [5, 5.41) is 9.55. The molecule has 96 valence electrons. The zero-order chi connectivity index (χ0) is 12.8. The Kier molecular flexibility index (Phi) is 5.38. The molecule has 0 unspecified atom stereocenters. The van der Waals surface area contributed by atoms with E-state index >= 15 is 0 Å². The fourth-order valence-electron chi connectivity index (χ4n) is 1.71. The van der Waals surface area contributed by atoms with E-state index in [1.807, 2.05) is 21.1 Å². The van der Waals surface area contributed by atoms with Crippen molar-refractivity contribution in [2.75, 3.05) is 34.2 Å². The summed E-state index contributed by atoms with van der Waals surface area (Å²) in [6.07, 6.45) is 1.06. The lowest BCUT2D eigenvalue weighted by Gasteiger charge is -2.18. The lowest BCUT2D eigenvalue weighted by atomic mass is 10.2. The topological polar surface area (TPSA) is 26.7 Å². The number of hydrogen-bond acceptors (Lipinski definition) is 3. The molecule has 0 heterocycles. The van der Waals surface area contributed by atoms with Crippen LogP contribution in [0.25, 0.3) is 0 Å². The molecule has 0 aliphatic carbocycles. The number of hydrogen-bond donors (Lipinski definition) is 1. The molecule has 0 aliphatic heterocycles. The van der Waals surface area contributed by atoms with Crippen molar-refractivity contribution in [1.29, 1.82) is 0 Å². The SMILES string of the molecule is CN(C)CCCN(C)Cc1cccc(F)c1O. The third-order valence-corrected chi connectivity index (χ3v) is 2.66. The van der Waals surface area contributed by atoms with Gasteiger partial charge in [-0.2, -0.15) is 0 Å². The van der Waals surface area contributed by atoms with Crippen LogP contribution in [0.5, 0.6) is 5.75 Å². The first-order chi connectivity index (χ1) is 8.00. The number of phenols is 1. The average molecular weight is 240 g/mol. The maximum absolute atomic E-state index is 13.1. The summed E-state index contributed by atoms with van der Waals surface area (Å²) in [7, 11) is 6.05. The van der Waals surface area contributed by atoms with E-state index in [0.29, 0.717) is 12.1 Å². The third kappa shape index (κ3) is 4.71. The second-order valence-corrected chi connectivity index (χ2v) is 4.64. The van der Waals surface area contributed by atoms with Gasteiger partial charge in [-0.3, -0.25) is 0 Å². The van der Waals surface area contributed by atoms with Crippen molar-refractivity contribution >= 4 is 0 Å². The summed E-state index contributed by atoms with van der Waals surface area (Å²) < 4.78 is 13.1. The molecule has 1 rings (SSSR count). The zero-order valence-electron chi connectivity index (χ0n) is 10.8. The van der Waals surface area contributed by atoms with Gasteiger partial charge in [-0.25, -0.2) is 4.39 Å². The molecule has 0 aromatic heterocycles. The van der Waals surface area contributed by atoms with Crippen molar-refractivity contribution in [2.24, 2.45) is 0 Å². The standard InChI is InChI=1S/C13H21FN2O/c1-15(2)8-5-9-16(3)10-11-6-4-7-12(14)13(11)17/h4,6-7,17H,5,8-10H2,1-3H3.